The van der Waals surface area contributed by atoms with E-state index in [4.69, 9.17) is 9.63 Å². The number of nitrogens with zero attached hydrogens (tertiary/aromatic N) is 2. The number of hydrogen-bond acceptors (Lipinski definition) is 5. The number of rotatable bonds is 9. The van der Waals surface area contributed by atoms with Crippen molar-refractivity contribution in [2.45, 2.75) is 52.5 Å². The summed E-state index contributed by atoms with van der Waals surface area (Å²) in [7, 11) is 0. The van der Waals surface area contributed by atoms with Crippen LogP contribution in [0.4, 0.5) is 5.88 Å². The molecule has 6 heteroatoms. The van der Waals surface area contributed by atoms with E-state index in [0.717, 1.165) is 18.5 Å². The number of nitrogens with one attached hydrogen (secondary N) is 1. The number of aliphatic hydroxyl groups excluding tert-OH is 1. The molecule has 1 aromatic rings. The molecule has 0 atom stereocenters. The second kappa shape index (κ2) is 8.79. The lowest BCUT2D eigenvalue weighted by molar-refractivity contribution is -0.118. The molecule has 0 spiro atoms. The first kappa shape index (κ1) is 17.7. The Morgan fingerprint density at radius 3 is 2.57 bits per heavy atom. The first-order chi connectivity index (χ1) is 10.0. The average molecular weight is 297 g/mol. The molecule has 2 N–H and O–H groups in total. The van der Waals surface area contributed by atoms with E-state index in [1.54, 1.807) is 6.07 Å². The summed E-state index contributed by atoms with van der Waals surface area (Å²) in [4.78, 5) is 14.1. The zero-order chi connectivity index (χ0) is 15.8. The zero-order valence-electron chi connectivity index (χ0n) is 13.4. The summed E-state index contributed by atoms with van der Waals surface area (Å²) < 4.78 is 5.10. The summed E-state index contributed by atoms with van der Waals surface area (Å²) in [6.07, 6.45) is 1.90. The number of anilines is 1. The summed E-state index contributed by atoms with van der Waals surface area (Å²) in [5, 5.41) is 15.8. The molecule has 1 heterocycles. The van der Waals surface area contributed by atoms with Gasteiger partial charge in [0.1, 0.15) is 0 Å². The molecule has 1 amide bonds. The highest BCUT2D eigenvalue weighted by atomic mass is 16.5. The van der Waals surface area contributed by atoms with Crippen molar-refractivity contribution in [3.63, 3.8) is 0 Å². The minimum absolute atomic E-state index is 0.0452. The maximum absolute atomic E-state index is 12.1. The van der Waals surface area contributed by atoms with Crippen LogP contribution in [-0.2, 0) is 4.79 Å². The molecule has 6 nitrogen and oxygen atoms in total. The summed E-state index contributed by atoms with van der Waals surface area (Å²) in [5.41, 5.74) is 0.817. The minimum atomic E-state index is -0.151. The number of carbonyl (C=O) groups excluding carboxylic acids is 1. The predicted octanol–water partition coefficient (Wildman–Crippen LogP) is 2.22. The Morgan fingerprint density at radius 2 is 2.10 bits per heavy atom. The number of aromatic nitrogens is 1. The molecule has 21 heavy (non-hydrogen) atoms. The summed E-state index contributed by atoms with van der Waals surface area (Å²) in [5.74, 6) is 0.480. The minimum Gasteiger partial charge on any atom is -0.395 e. The summed E-state index contributed by atoms with van der Waals surface area (Å²) in [6.45, 7) is 8.98. The maximum Gasteiger partial charge on any atom is 0.240 e. The molecular weight excluding hydrogens is 270 g/mol. The summed E-state index contributed by atoms with van der Waals surface area (Å²) in [6, 6.07) is 2.04. The maximum atomic E-state index is 12.1. The Morgan fingerprint density at radius 1 is 1.43 bits per heavy atom. The van der Waals surface area contributed by atoms with Crippen LogP contribution in [0.3, 0.4) is 0 Å². The molecule has 1 aromatic heterocycles. The Balaban J connectivity index is 2.60. The third kappa shape index (κ3) is 5.47. The van der Waals surface area contributed by atoms with Crippen LogP contribution in [0, 0.1) is 0 Å². The molecule has 0 saturated heterocycles. The fourth-order valence-electron chi connectivity index (χ4n) is 2.31. The molecule has 0 unspecified atom stereocenters. The molecule has 0 aliphatic carbocycles. The van der Waals surface area contributed by atoms with Crippen LogP contribution in [0.1, 0.15) is 52.1 Å². The third-order valence-electron chi connectivity index (χ3n) is 3.58. The van der Waals surface area contributed by atoms with Crippen LogP contribution in [0.2, 0.25) is 0 Å². The van der Waals surface area contributed by atoms with Crippen LogP contribution < -0.4 is 5.32 Å². The lowest BCUT2D eigenvalue weighted by atomic mass is 10.1. The van der Waals surface area contributed by atoms with Gasteiger partial charge in [0.05, 0.1) is 18.8 Å². The van der Waals surface area contributed by atoms with Gasteiger partial charge in [0, 0.05) is 18.7 Å². The van der Waals surface area contributed by atoms with Crippen LogP contribution in [0.15, 0.2) is 10.6 Å². The van der Waals surface area contributed by atoms with Gasteiger partial charge in [-0.25, -0.2) is 0 Å². The lowest BCUT2D eigenvalue weighted by Crippen LogP contribution is -2.42. The van der Waals surface area contributed by atoms with Gasteiger partial charge in [-0.1, -0.05) is 32.9 Å². The normalized spacial score (nSPS) is 11.6. The highest BCUT2D eigenvalue weighted by Crippen LogP contribution is 2.17. The van der Waals surface area contributed by atoms with Gasteiger partial charge in [-0.3, -0.25) is 15.0 Å². The van der Waals surface area contributed by atoms with Crippen molar-refractivity contribution in [2.75, 3.05) is 25.0 Å². The standard InChI is InChI=1S/C15H27N3O3/c1-5-12(6-2)18(7-8-19)10-14(20)16-15-9-13(11(3)4)17-21-15/h9,11-12,19H,5-8,10H2,1-4H3,(H,16,20). The summed E-state index contributed by atoms with van der Waals surface area (Å²) >= 11 is 0. The number of aliphatic hydroxyl groups is 1. The third-order valence-corrected chi connectivity index (χ3v) is 3.58. The smallest absolute Gasteiger partial charge is 0.240 e. The molecule has 0 radical (unpaired) electrons. The highest BCUT2D eigenvalue weighted by molar-refractivity contribution is 5.91. The quantitative estimate of drug-likeness (QED) is 0.730. The first-order valence-corrected chi connectivity index (χ1v) is 7.63. The topological polar surface area (TPSA) is 78.6 Å². The fourth-order valence-corrected chi connectivity index (χ4v) is 2.31. The second-order valence-corrected chi connectivity index (χ2v) is 5.48. The molecule has 0 bridgehead atoms. The lowest BCUT2D eigenvalue weighted by Gasteiger charge is -2.28. The van der Waals surface area contributed by atoms with E-state index < -0.39 is 0 Å². The van der Waals surface area contributed by atoms with Crippen LogP contribution in [0.25, 0.3) is 0 Å². The Bertz CT molecular complexity index is 428. The molecule has 0 aliphatic rings. The molecule has 0 aliphatic heterocycles. The van der Waals surface area contributed by atoms with E-state index in [2.05, 4.69) is 24.3 Å². The van der Waals surface area contributed by atoms with Gasteiger partial charge >= 0.3 is 0 Å². The number of amides is 1. The van der Waals surface area contributed by atoms with Gasteiger partial charge in [-0.05, 0) is 18.8 Å². The number of carbonyl (C=O) groups is 1. The molecule has 120 valence electrons. The highest BCUT2D eigenvalue weighted by Gasteiger charge is 2.19. The molecule has 0 fully saturated rings. The SMILES string of the molecule is CCC(CC)N(CCO)CC(=O)Nc1cc(C(C)C)no1. The van der Waals surface area contributed by atoms with Gasteiger partial charge in [0.2, 0.25) is 11.8 Å². The van der Waals surface area contributed by atoms with Gasteiger partial charge in [0.25, 0.3) is 0 Å². The van der Waals surface area contributed by atoms with Gasteiger partial charge in [-0.2, -0.15) is 0 Å². The predicted molar refractivity (Wildman–Crippen MR) is 82.3 cm³/mol. The van der Waals surface area contributed by atoms with Crippen LogP contribution >= 0.6 is 0 Å². The van der Waals surface area contributed by atoms with Crippen molar-refractivity contribution in [3.8, 4) is 0 Å². The van der Waals surface area contributed by atoms with E-state index in [-0.39, 0.29) is 25.0 Å². The van der Waals surface area contributed by atoms with E-state index in [9.17, 15) is 4.79 Å². The molecule has 0 saturated carbocycles. The number of hydrogen-bond donors (Lipinski definition) is 2. The first-order valence-electron chi connectivity index (χ1n) is 7.63. The monoisotopic (exact) mass is 297 g/mol. The van der Waals surface area contributed by atoms with E-state index in [1.165, 1.54) is 0 Å². The Kier molecular flexibility index (Phi) is 7.39. The average Bonchev–Trinajstić information content (AvgIpc) is 2.88. The van der Waals surface area contributed by atoms with Crippen molar-refractivity contribution >= 4 is 11.8 Å². The molecular formula is C15H27N3O3. The Hall–Kier alpha value is -1.40. The van der Waals surface area contributed by atoms with E-state index in [1.807, 2.05) is 18.7 Å². The van der Waals surface area contributed by atoms with Crippen LogP contribution in [0.5, 0.6) is 0 Å². The van der Waals surface area contributed by atoms with Gasteiger partial charge in [-0.15, -0.1) is 0 Å². The van der Waals surface area contributed by atoms with Gasteiger partial charge < -0.3 is 9.63 Å². The van der Waals surface area contributed by atoms with Gasteiger partial charge in [0.15, 0.2) is 0 Å². The van der Waals surface area contributed by atoms with Crippen molar-refractivity contribution in [1.82, 2.24) is 10.1 Å². The molecule has 1 rings (SSSR count). The van der Waals surface area contributed by atoms with Crippen molar-refractivity contribution in [2.24, 2.45) is 0 Å². The van der Waals surface area contributed by atoms with Crippen molar-refractivity contribution < 1.29 is 14.4 Å². The van der Waals surface area contributed by atoms with E-state index >= 15 is 0 Å². The zero-order valence-corrected chi connectivity index (χ0v) is 13.4. The Labute approximate surface area is 126 Å². The van der Waals surface area contributed by atoms with Crippen molar-refractivity contribution in [1.29, 1.82) is 0 Å². The second-order valence-electron chi connectivity index (χ2n) is 5.48. The van der Waals surface area contributed by atoms with Crippen LogP contribution in [-0.4, -0.2) is 46.8 Å². The van der Waals surface area contributed by atoms with Crippen molar-refractivity contribution in [3.05, 3.63) is 11.8 Å². The fraction of sp³-hybridized carbons (Fsp3) is 0.733. The van der Waals surface area contributed by atoms with E-state index in [0.29, 0.717) is 18.5 Å². The molecule has 0 aromatic carbocycles. The largest absolute Gasteiger partial charge is 0.395 e.